The van der Waals surface area contributed by atoms with Crippen LogP contribution in [0.5, 0.6) is 0 Å². The minimum absolute atomic E-state index is 0.0901. The van der Waals surface area contributed by atoms with E-state index in [2.05, 4.69) is 17.7 Å². The quantitative estimate of drug-likeness (QED) is 0.173. The molecule has 1 aliphatic carbocycles. The van der Waals surface area contributed by atoms with Gasteiger partial charge in [-0.15, -0.1) is 0 Å². The minimum Gasteiger partial charge on any atom is -0.512 e. The molecule has 0 fully saturated rings. The molecule has 1 rings (SSSR count). The molecule has 1 atom stereocenters. The highest BCUT2D eigenvalue weighted by atomic mass is 16.5. The Morgan fingerprint density at radius 1 is 1.16 bits per heavy atom. The van der Waals surface area contributed by atoms with Gasteiger partial charge in [0.15, 0.2) is 5.78 Å². The van der Waals surface area contributed by atoms with Gasteiger partial charge < -0.3 is 9.84 Å². The lowest BCUT2D eigenvalue weighted by molar-refractivity contribution is -0.140. The second-order valence-electron chi connectivity index (χ2n) is 6.52. The summed E-state index contributed by atoms with van der Waals surface area (Å²) in [5.74, 6) is -0.211. The average molecular weight is 348 g/mol. The number of unbranched alkanes of at least 4 members (excludes halogenated alkanes) is 6. The summed E-state index contributed by atoms with van der Waals surface area (Å²) in [4.78, 5) is 23.1. The molecule has 0 amide bonds. The van der Waals surface area contributed by atoms with E-state index in [0.717, 1.165) is 25.7 Å². The lowest BCUT2D eigenvalue weighted by Gasteiger charge is -2.09. The van der Waals surface area contributed by atoms with Crippen molar-refractivity contribution in [2.45, 2.75) is 71.1 Å². The summed E-state index contributed by atoms with van der Waals surface area (Å²) in [6, 6.07) is 0. The molecule has 0 heterocycles. The second kappa shape index (κ2) is 12.5. The molecule has 0 saturated carbocycles. The third-order valence-electron chi connectivity index (χ3n) is 4.45. The monoisotopic (exact) mass is 348 g/mol. The maximum Gasteiger partial charge on any atom is 0.305 e. The van der Waals surface area contributed by atoms with Crippen molar-refractivity contribution in [3.63, 3.8) is 0 Å². The van der Waals surface area contributed by atoms with Gasteiger partial charge in [0.2, 0.25) is 0 Å². The van der Waals surface area contributed by atoms with Gasteiger partial charge >= 0.3 is 5.97 Å². The van der Waals surface area contributed by atoms with Crippen LogP contribution >= 0.6 is 0 Å². The van der Waals surface area contributed by atoms with Crippen LogP contribution < -0.4 is 0 Å². The predicted molar refractivity (Wildman–Crippen MR) is 100 cm³/mol. The number of esters is 1. The fourth-order valence-electron chi connectivity index (χ4n) is 2.94. The van der Waals surface area contributed by atoms with Gasteiger partial charge in [-0.3, -0.25) is 9.59 Å². The summed E-state index contributed by atoms with van der Waals surface area (Å²) in [7, 11) is 1.38. The number of carbonyl (C=O) groups is 2. The van der Waals surface area contributed by atoms with Crippen LogP contribution in [0, 0.1) is 5.92 Å². The SMILES string of the molecule is CCCCCCC=CC1C=CC(=O)C1=C(O)CCCCCC(=O)OC. The van der Waals surface area contributed by atoms with Crippen molar-refractivity contribution in [2.24, 2.45) is 5.92 Å². The van der Waals surface area contributed by atoms with Crippen molar-refractivity contribution in [1.82, 2.24) is 0 Å². The third kappa shape index (κ3) is 8.19. The lowest BCUT2D eigenvalue weighted by atomic mass is 9.97. The van der Waals surface area contributed by atoms with Crippen LogP contribution in [-0.2, 0) is 14.3 Å². The Labute approximate surface area is 151 Å². The number of aliphatic hydroxyl groups is 1. The van der Waals surface area contributed by atoms with Gasteiger partial charge in [0.05, 0.1) is 7.11 Å². The van der Waals surface area contributed by atoms with E-state index in [0.29, 0.717) is 18.4 Å². The van der Waals surface area contributed by atoms with E-state index >= 15 is 0 Å². The molecule has 0 radical (unpaired) electrons. The van der Waals surface area contributed by atoms with E-state index in [1.165, 1.54) is 32.8 Å². The standard InChI is InChI=1S/C21H32O4/c1-3-4-5-6-7-9-12-17-15-16-19(23)21(17)18(22)13-10-8-11-14-20(24)25-2/h9,12,15-17,22H,3-8,10-11,13-14H2,1-2H3. The van der Waals surface area contributed by atoms with Crippen molar-refractivity contribution in [3.05, 3.63) is 35.6 Å². The number of carbonyl (C=O) groups excluding carboxylic acids is 2. The van der Waals surface area contributed by atoms with Crippen LogP contribution in [0.2, 0.25) is 0 Å². The van der Waals surface area contributed by atoms with E-state index in [1.807, 2.05) is 12.2 Å². The molecular formula is C21H32O4. The largest absolute Gasteiger partial charge is 0.512 e. The number of allylic oxidation sites excluding steroid dienone is 6. The number of rotatable bonds is 12. The van der Waals surface area contributed by atoms with Gasteiger partial charge in [0.1, 0.15) is 5.76 Å². The highest BCUT2D eigenvalue weighted by molar-refractivity contribution is 6.07. The van der Waals surface area contributed by atoms with Crippen LogP contribution in [0.3, 0.4) is 0 Å². The Morgan fingerprint density at radius 2 is 1.88 bits per heavy atom. The molecule has 0 aliphatic heterocycles. The van der Waals surface area contributed by atoms with Gasteiger partial charge in [-0.25, -0.2) is 0 Å². The first-order chi connectivity index (χ1) is 12.1. The maximum absolute atomic E-state index is 12.0. The van der Waals surface area contributed by atoms with Crippen molar-refractivity contribution in [1.29, 1.82) is 0 Å². The number of ether oxygens (including phenoxy) is 1. The summed E-state index contributed by atoms with van der Waals surface area (Å²) in [6.07, 6.45) is 16.6. The van der Waals surface area contributed by atoms with Crippen LogP contribution in [0.1, 0.15) is 71.1 Å². The van der Waals surface area contributed by atoms with Gasteiger partial charge in [-0.2, -0.15) is 0 Å². The molecule has 4 heteroatoms. The maximum atomic E-state index is 12.0. The summed E-state index contributed by atoms with van der Waals surface area (Å²) >= 11 is 0. The molecule has 0 aromatic heterocycles. The molecule has 1 unspecified atom stereocenters. The molecule has 0 saturated heterocycles. The molecule has 140 valence electrons. The third-order valence-corrected chi connectivity index (χ3v) is 4.45. The zero-order valence-corrected chi connectivity index (χ0v) is 15.6. The molecule has 0 bridgehead atoms. The summed E-state index contributed by atoms with van der Waals surface area (Å²) < 4.78 is 4.60. The van der Waals surface area contributed by atoms with Gasteiger partial charge in [0, 0.05) is 24.3 Å². The molecule has 25 heavy (non-hydrogen) atoms. The fraction of sp³-hybridized carbons (Fsp3) is 0.619. The first-order valence-electron chi connectivity index (χ1n) is 9.48. The number of hydrogen-bond donors (Lipinski definition) is 1. The molecule has 0 spiro atoms. The van der Waals surface area contributed by atoms with Gasteiger partial charge in [-0.05, 0) is 31.8 Å². The van der Waals surface area contributed by atoms with Crippen LogP contribution in [-0.4, -0.2) is 24.0 Å². The first kappa shape index (κ1) is 21.2. The first-order valence-corrected chi connectivity index (χ1v) is 9.48. The van der Waals surface area contributed by atoms with Crippen LogP contribution in [0.25, 0.3) is 0 Å². The lowest BCUT2D eigenvalue weighted by Crippen LogP contribution is -2.05. The van der Waals surface area contributed by atoms with Gasteiger partial charge in [-0.1, -0.05) is 50.8 Å². The molecular weight excluding hydrogens is 316 g/mol. The number of hydrogen-bond acceptors (Lipinski definition) is 4. The normalized spacial score (nSPS) is 19.0. The minimum atomic E-state index is -0.207. The Hall–Kier alpha value is -1.84. The Kier molecular flexibility index (Phi) is 10.6. The molecule has 0 aromatic rings. The smallest absolute Gasteiger partial charge is 0.305 e. The Morgan fingerprint density at radius 3 is 2.60 bits per heavy atom. The van der Waals surface area contributed by atoms with Crippen molar-refractivity contribution < 1.29 is 19.4 Å². The van der Waals surface area contributed by atoms with Crippen molar-refractivity contribution in [3.8, 4) is 0 Å². The number of aliphatic hydroxyl groups excluding tert-OH is 1. The van der Waals surface area contributed by atoms with E-state index < -0.39 is 0 Å². The number of ketones is 1. The fourth-order valence-corrected chi connectivity index (χ4v) is 2.94. The molecule has 1 aliphatic rings. The van der Waals surface area contributed by atoms with Gasteiger partial charge in [0.25, 0.3) is 0 Å². The molecule has 4 nitrogen and oxygen atoms in total. The predicted octanol–water partition coefficient (Wildman–Crippen LogP) is 5.20. The summed E-state index contributed by atoms with van der Waals surface area (Å²) in [5, 5.41) is 10.3. The summed E-state index contributed by atoms with van der Waals surface area (Å²) in [5.41, 5.74) is 0.512. The van der Waals surface area contributed by atoms with Crippen molar-refractivity contribution >= 4 is 11.8 Å². The van der Waals surface area contributed by atoms with Crippen molar-refractivity contribution in [2.75, 3.05) is 7.11 Å². The zero-order chi connectivity index (χ0) is 18.5. The Balaban J connectivity index is 2.42. The Bertz CT molecular complexity index is 514. The second-order valence-corrected chi connectivity index (χ2v) is 6.52. The zero-order valence-electron chi connectivity index (χ0n) is 15.6. The van der Waals surface area contributed by atoms with Crippen LogP contribution in [0.4, 0.5) is 0 Å². The van der Waals surface area contributed by atoms with E-state index in [-0.39, 0.29) is 23.4 Å². The van der Waals surface area contributed by atoms with E-state index in [4.69, 9.17) is 0 Å². The van der Waals surface area contributed by atoms with Crippen LogP contribution in [0.15, 0.2) is 35.6 Å². The summed E-state index contributed by atoms with van der Waals surface area (Å²) in [6.45, 7) is 2.19. The average Bonchev–Trinajstić information content (AvgIpc) is 2.97. The van der Waals surface area contributed by atoms with E-state index in [1.54, 1.807) is 6.08 Å². The topological polar surface area (TPSA) is 63.6 Å². The number of methoxy groups -OCH3 is 1. The highest BCUT2D eigenvalue weighted by Gasteiger charge is 2.24. The van der Waals surface area contributed by atoms with E-state index in [9.17, 15) is 14.7 Å². The molecule has 0 aromatic carbocycles. The highest BCUT2D eigenvalue weighted by Crippen LogP contribution is 2.27. The molecule has 1 N–H and O–H groups in total.